The number of nitrogens with zero attached hydrogens (tertiary/aromatic N) is 1. The summed E-state index contributed by atoms with van der Waals surface area (Å²) in [4.78, 5) is 25.9. The molecule has 0 radical (unpaired) electrons. The van der Waals surface area contributed by atoms with Crippen LogP contribution in [0.15, 0.2) is 30.3 Å². The lowest BCUT2D eigenvalue weighted by Gasteiger charge is -2.35. The van der Waals surface area contributed by atoms with Gasteiger partial charge in [0.05, 0.1) is 7.11 Å². The van der Waals surface area contributed by atoms with Gasteiger partial charge in [-0.3, -0.25) is 14.5 Å². The lowest BCUT2D eigenvalue weighted by atomic mass is 9.94. The lowest BCUT2D eigenvalue weighted by molar-refractivity contribution is -0.140. The monoisotopic (exact) mass is 374 g/mol. The van der Waals surface area contributed by atoms with E-state index in [1.807, 2.05) is 6.07 Å². The molecule has 5 nitrogen and oxygen atoms in total. The average molecular weight is 375 g/mol. The summed E-state index contributed by atoms with van der Waals surface area (Å²) >= 11 is 0. The van der Waals surface area contributed by atoms with Crippen molar-refractivity contribution in [1.82, 2.24) is 10.2 Å². The SMILES string of the molecule is COC(=O)CCCCCCNC(=O)C1CCN(C(C)c2ccccc2)CC1. The van der Waals surface area contributed by atoms with E-state index in [9.17, 15) is 9.59 Å². The Balaban J connectivity index is 1.58. The van der Waals surface area contributed by atoms with Crippen molar-refractivity contribution in [2.24, 2.45) is 5.92 Å². The van der Waals surface area contributed by atoms with Crippen LogP contribution >= 0.6 is 0 Å². The molecular formula is C22H34N2O3. The highest BCUT2D eigenvalue weighted by molar-refractivity contribution is 5.78. The van der Waals surface area contributed by atoms with Gasteiger partial charge in [-0.1, -0.05) is 43.2 Å². The summed E-state index contributed by atoms with van der Waals surface area (Å²) in [5.74, 6) is 0.205. The van der Waals surface area contributed by atoms with E-state index < -0.39 is 0 Å². The Morgan fingerprint density at radius 1 is 1.11 bits per heavy atom. The van der Waals surface area contributed by atoms with Gasteiger partial charge in [-0.05, 0) is 51.3 Å². The number of benzene rings is 1. The molecule has 1 aromatic rings. The van der Waals surface area contributed by atoms with Crippen LogP contribution in [0.3, 0.4) is 0 Å². The van der Waals surface area contributed by atoms with Crippen molar-refractivity contribution in [3.05, 3.63) is 35.9 Å². The summed E-state index contributed by atoms with van der Waals surface area (Å²) in [6.07, 6.45) is 6.22. The standard InChI is InChI=1S/C22H34N2O3/c1-18(19-10-6-5-7-11-19)24-16-13-20(14-17-24)22(26)23-15-9-4-3-8-12-21(25)27-2/h5-7,10-11,18,20H,3-4,8-9,12-17H2,1-2H3,(H,23,26). The first kappa shape index (κ1) is 21.4. The van der Waals surface area contributed by atoms with Crippen molar-refractivity contribution < 1.29 is 14.3 Å². The maximum absolute atomic E-state index is 12.4. The number of unbranched alkanes of at least 4 members (excludes halogenated alkanes) is 3. The van der Waals surface area contributed by atoms with Crippen LogP contribution in [0, 0.1) is 5.92 Å². The van der Waals surface area contributed by atoms with Gasteiger partial charge in [0.2, 0.25) is 5.91 Å². The lowest BCUT2D eigenvalue weighted by Crippen LogP contribution is -2.41. The molecule has 1 aliphatic heterocycles. The van der Waals surface area contributed by atoms with Gasteiger partial charge < -0.3 is 10.1 Å². The molecule has 0 bridgehead atoms. The molecule has 1 aliphatic rings. The molecule has 2 rings (SSSR count). The molecule has 1 saturated heterocycles. The first-order valence-corrected chi connectivity index (χ1v) is 10.3. The minimum atomic E-state index is -0.142. The van der Waals surface area contributed by atoms with E-state index in [1.54, 1.807) is 0 Å². The highest BCUT2D eigenvalue weighted by Crippen LogP contribution is 2.26. The van der Waals surface area contributed by atoms with Gasteiger partial charge in [-0.15, -0.1) is 0 Å². The first-order chi connectivity index (χ1) is 13.1. The zero-order chi connectivity index (χ0) is 19.5. The maximum atomic E-state index is 12.4. The number of amides is 1. The smallest absolute Gasteiger partial charge is 0.305 e. The van der Waals surface area contributed by atoms with Crippen LogP contribution in [0.5, 0.6) is 0 Å². The van der Waals surface area contributed by atoms with Crippen molar-refractivity contribution in [2.75, 3.05) is 26.7 Å². The van der Waals surface area contributed by atoms with Crippen LogP contribution in [0.2, 0.25) is 0 Å². The summed E-state index contributed by atoms with van der Waals surface area (Å²) < 4.78 is 4.62. The number of methoxy groups -OCH3 is 1. The van der Waals surface area contributed by atoms with Gasteiger partial charge in [-0.25, -0.2) is 0 Å². The topological polar surface area (TPSA) is 58.6 Å². The molecule has 0 aromatic heterocycles. The van der Waals surface area contributed by atoms with Gasteiger partial charge in [-0.2, -0.15) is 0 Å². The summed E-state index contributed by atoms with van der Waals surface area (Å²) in [6, 6.07) is 11.0. The van der Waals surface area contributed by atoms with E-state index in [2.05, 4.69) is 46.1 Å². The van der Waals surface area contributed by atoms with Crippen molar-refractivity contribution in [2.45, 2.75) is 57.9 Å². The molecule has 1 atom stereocenters. The fourth-order valence-electron chi connectivity index (χ4n) is 3.70. The quantitative estimate of drug-likeness (QED) is 0.501. The Morgan fingerprint density at radius 2 is 1.78 bits per heavy atom. The Labute approximate surface area is 163 Å². The van der Waals surface area contributed by atoms with Crippen LogP contribution < -0.4 is 5.32 Å². The number of carbonyl (C=O) groups is 2. The largest absolute Gasteiger partial charge is 0.469 e. The molecule has 1 heterocycles. The van der Waals surface area contributed by atoms with E-state index in [0.29, 0.717) is 12.5 Å². The number of ether oxygens (including phenoxy) is 1. The number of rotatable bonds is 10. The third-order valence-electron chi connectivity index (χ3n) is 5.56. The van der Waals surface area contributed by atoms with Crippen molar-refractivity contribution >= 4 is 11.9 Å². The van der Waals surface area contributed by atoms with E-state index in [1.165, 1.54) is 12.7 Å². The fourth-order valence-corrected chi connectivity index (χ4v) is 3.70. The molecule has 0 aliphatic carbocycles. The van der Waals surface area contributed by atoms with Gasteiger partial charge >= 0.3 is 5.97 Å². The fraction of sp³-hybridized carbons (Fsp3) is 0.636. The second-order valence-electron chi connectivity index (χ2n) is 7.43. The number of hydrogen-bond donors (Lipinski definition) is 1. The Hall–Kier alpha value is -1.88. The highest BCUT2D eigenvalue weighted by Gasteiger charge is 2.27. The summed E-state index contributed by atoms with van der Waals surface area (Å²) in [5.41, 5.74) is 1.34. The van der Waals surface area contributed by atoms with Gasteiger partial charge in [0, 0.05) is 24.9 Å². The number of esters is 1. The predicted molar refractivity (Wildman–Crippen MR) is 107 cm³/mol. The van der Waals surface area contributed by atoms with Crippen LogP contribution in [-0.2, 0) is 14.3 Å². The van der Waals surface area contributed by atoms with Crippen molar-refractivity contribution in [3.63, 3.8) is 0 Å². The highest BCUT2D eigenvalue weighted by atomic mass is 16.5. The number of likely N-dealkylation sites (tertiary alicyclic amines) is 1. The Kier molecular flexibility index (Phi) is 9.32. The van der Waals surface area contributed by atoms with Crippen molar-refractivity contribution in [1.29, 1.82) is 0 Å². The average Bonchev–Trinajstić information content (AvgIpc) is 2.72. The summed E-state index contributed by atoms with van der Waals surface area (Å²) in [6.45, 7) is 4.93. The van der Waals surface area contributed by atoms with Gasteiger partial charge in [0.25, 0.3) is 0 Å². The van der Waals surface area contributed by atoms with Gasteiger partial charge in [0.1, 0.15) is 0 Å². The van der Waals surface area contributed by atoms with Crippen LogP contribution in [-0.4, -0.2) is 43.5 Å². The molecule has 1 fully saturated rings. The molecule has 5 heteroatoms. The molecule has 150 valence electrons. The molecule has 0 saturated carbocycles. The Morgan fingerprint density at radius 3 is 2.44 bits per heavy atom. The maximum Gasteiger partial charge on any atom is 0.305 e. The second-order valence-corrected chi connectivity index (χ2v) is 7.43. The molecule has 1 aromatic carbocycles. The molecule has 27 heavy (non-hydrogen) atoms. The number of piperidine rings is 1. The van der Waals surface area contributed by atoms with Crippen LogP contribution in [0.25, 0.3) is 0 Å². The number of carbonyl (C=O) groups excluding carboxylic acids is 2. The summed E-state index contributed by atoms with van der Waals surface area (Å²) in [7, 11) is 1.42. The van der Waals surface area contributed by atoms with Gasteiger partial charge in [0.15, 0.2) is 0 Å². The molecule has 0 spiro atoms. The third kappa shape index (κ3) is 7.33. The zero-order valence-electron chi connectivity index (χ0n) is 16.8. The Bertz CT molecular complexity index is 568. The predicted octanol–water partition coefficient (Wildman–Crippen LogP) is 3.70. The molecule has 1 unspecified atom stereocenters. The molecule has 1 amide bonds. The minimum Gasteiger partial charge on any atom is -0.469 e. The van der Waals surface area contributed by atoms with E-state index in [0.717, 1.165) is 58.2 Å². The number of hydrogen-bond acceptors (Lipinski definition) is 4. The van der Waals surface area contributed by atoms with E-state index in [4.69, 9.17) is 0 Å². The minimum absolute atomic E-state index is 0.142. The van der Waals surface area contributed by atoms with Crippen LogP contribution in [0.4, 0.5) is 0 Å². The normalized spacial score (nSPS) is 16.7. The number of nitrogens with one attached hydrogen (secondary N) is 1. The van der Waals surface area contributed by atoms with Crippen LogP contribution in [0.1, 0.15) is 63.5 Å². The third-order valence-corrected chi connectivity index (χ3v) is 5.56. The second kappa shape index (κ2) is 11.8. The summed E-state index contributed by atoms with van der Waals surface area (Å²) in [5, 5.41) is 3.09. The van der Waals surface area contributed by atoms with Crippen molar-refractivity contribution in [3.8, 4) is 0 Å². The first-order valence-electron chi connectivity index (χ1n) is 10.3. The molecular weight excluding hydrogens is 340 g/mol. The van der Waals surface area contributed by atoms with E-state index in [-0.39, 0.29) is 17.8 Å². The molecule has 1 N–H and O–H groups in total. The zero-order valence-corrected chi connectivity index (χ0v) is 16.8. The van der Waals surface area contributed by atoms with E-state index >= 15 is 0 Å².